The van der Waals surface area contributed by atoms with Crippen LogP contribution < -0.4 is 0 Å². The zero-order chi connectivity index (χ0) is 31.1. The Morgan fingerprint density at radius 2 is 1.52 bits per heavy atom. The van der Waals surface area contributed by atoms with Crippen molar-refractivity contribution in [2.24, 2.45) is 9.98 Å². The first-order valence-electron chi connectivity index (χ1n) is 14.8. The molecule has 0 radical (unpaired) electrons. The van der Waals surface area contributed by atoms with Crippen LogP contribution in [0.3, 0.4) is 0 Å². The Kier molecular flexibility index (Phi) is 6.68. The Balaban J connectivity index is 1.16. The molecule has 12 heteroatoms. The molecule has 46 heavy (non-hydrogen) atoms. The molecule has 5 heterocycles. The minimum Gasteiger partial charge on any atom is -0.392 e. The number of hydrogen-bond donors (Lipinski definition) is 1. The lowest BCUT2D eigenvalue weighted by Gasteiger charge is -2.29. The molecule has 12 nitrogen and oxygen atoms in total. The third-order valence-electron chi connectivity index (χ3n) is 8.58. The molecule has 0 saturated carbocycles. The van der Waals surface area contributed by atoms with Crippen molar-refractivity contribution in [3.63, 3.8) is 0 Å². The number of benzene rings is 3. The second-order valence-electron chi connectivity index (χ2n) is 11.3. The van der Waals surface area contributed by atoms with Crippen LogP contribution in [-0.4, -0.2) is 62.4 Å². The molecule has 1 N–H and O–H groups in total. The van der Waals surface area contributed by atoms with Crippen molar-refractivity contribution in [2.75, 3.05) is 0 Å². The molecular weight excluding hydrogens is 580 g/mol. The van der Waals surface area contributed by atoms with Crippen molar-refractivity contribution in [3.05, 3.63) is 138 Å². The fourth-order valence-electron chi connectivity index (χ4n) is 6.27. The fraction of sp³-hybridized carbons (Fsp3) is 0.147. The molecule has 1 atom stereocenters. The molecule has 1 fully saturated rings. The van der Waals surface area contributed by atoms with Crippen molar-refractivity contribution in [2.45, 2.75) is 31.5 Å². The zero-order valence-electron chi connectivity index (χ0n) is 24.6. The van der Waals surface area contributed by atoms with Gasteiger partial charge in [0.1, 0.15) is 23.3 Å². The lowest BCUT2D eigenvalue weighted by Crippen LogP contribution is -2.39. The number of amidine groups is 1. The standard InChI is InChI=1S/C34H28N10O2/c45-21-26-2-8-27(9-3-26)34-18-30(46)42(20-25-6-10-28(11-7-25)43-16-1-14-39-43)33(34)36-22-35-32-31(34)37-23-41(32)19-24-4-12-29(13-5-24)44-17-15-38-40-44/h1-17,22-23,45H,18-21H2. The summed E-state index contributed by atoms with van der Waals surface area (Å²) in [4.78, 5) is 30.2. The van der Waals surface area contributed by atoms with E-state index in [2.05, 4.69) is 15.4 Å². The number of aliphatic hydroxyl groups is 1. The highest BCUT2D eigenvalue weighted by molar-refractivity contribution is 6.16. The van der Waals surface area contributed by atoms with Crippen LogP contribution in [0.1, 0.15) is 34.4 Å². The van der Waals surface area contributed by atoms with Crippen LogP contribution in [0.4, 0.5) is 5.82 Å². The van der Waals surface area contributed by atoms with Gasteiger partial charge in [0.15, 0.2) is 5.82 Å². The summed E-state index contributed by atoms with van der Waals surface area (Å²) in [5.41, 5.74) is 5.20. The fourth-order valence-corrected chi connectivity index (χ4v) is 6.27. The number of aliphatic hydroxyl groups excluding tert-OH is 1. The number of aromatic nitrogens is 7. The van der Waals surface area contributed by atoms with Gasteiger partial charge in [-0.25, -0.2) is 24.3 Å². The molecule has 0 bridgehead atoms. The highest BCUT2D eigenvalue weighted by atomic mass is 16.3. The number of carbonyl (C=O) groups excluding carboxylic acids is 1. The van der Waals surface area contributed by atoms with Crippen LogP contribution in [0.5, 0.6) is 0 Å². The van der Waals surface area contributed by atoms with Gasteiger partial charge in [-0.3, -0.25) is 9.69 Å². The first-order chi connectivity index (χ1) is 22.6. The topological polar surface area (TPSA) is 132 Å². The second-order valence-corrected chi connectivity index (χ2v) is 11.3. The van der Waals surface area contributed by atoms with Gasteiger partial charge in [-0.05, 0) is 52.6 Å². The predicted octanol–water partition coefficient (Wildman–Crippen LogP) is 3.98. The first-order valence-corrected chi connectivity index (χ1v) is 14.8. The monoisotopic (exact) mass is 608 g/mol. The van der Waals surface area contributed by atoms with Gasteiger partial charge in [0.25, 0.3) is 0 Å². The number of carbonyl (C=O) groups is 1. The lowest BCUT2D eigenvalue weighted by molar-refractivity contribution is -0.126. The van der Waals surface area contributed by atoms with Gasteiger partial charge in [-0.15, -0.1) is 5.10 Å². The van der Waals surface area contributed by atoms with E-state index in [1.165, 1.54) is 6.34 Å². The number of hydrogen-bond acceptors (Lipinski definition) is 8. The summed E-state index contributed by atoms with van der Waals surface area (Å²) in [7, 11) is 0. The van der Waals surface area contributed by atoms with Crippen LogP contribution in [0, 0.1) is 0 Å². The van der Waals surface area contributed by atoms with Crippen molar-refractivity contribution < 1.29 is 9.90 Å². The molecule has 3 aromatic heterocycles. The summed E-state index contributed by atoms with van der Waals surface area (Å²) < 4.78 is 5.49. The zero-order valence-corrected chi connectivity index (χ0v) is 24.6. The summed E-state index contributed by atoms with van der Waals surface area (Å²) in [6, 6.07) is 25.6. The van der Waals surface area contributed by atoms with Gasteiger partial charge < -0.3 is 9.67 Å². The second kappa shape index (κ2) is 11.2. The van der Waals surface area contributed by atoms with Gasteiger partial charge in [0.2, 0.25) is 5.91 Å². The molecule has 1 saturated heterocycles. The van der Waals surface area contributed by atoms with Gasteiger partial charge in [0, 0.05) is 18.8 Å². The van der Waals surface area contributed by atoms with E-state index < -0.39 is 5.41 Å². The molecule has 2 aliphatic heterocycles. The summed E-state index contributed by atoms with van der Waals surface area (Å²) in [5, 5.41) is 22.0. The van der Waals surface area contributed by atoms with Crippen molar-refractivity contribution in [1.82, 2.24) is 39.2 Å². The highest BCUT2D eigenvalue weighted by Crippen LogP contribution is 2.47. The maximum Gasteiger partial charge on any atom is 0.230 e. The molecular formula is C34H28N10O2. The van der Waals surface area contributed by atoms with E-state index in [9.17, 15) is 9.90 Å². The number of aliphatic imine (C=N–C) groups is 2. The molecule has 3 aromatic carbocycles. The smallest absolute Gasteiger partial charge is 0.230 e. The summed E-state index contributed by atoms with van der Waals surface area (Å²) >= 11 is 0. The maximum absolute atomic E-state index is 13.9. The van der Waals surface area contributed by atoms with Gasteiger partial charge >= 0.3 is 0 Å². The average Bonchev–Trinajstić information content (AvgIpc) is 3.91. The Bertz CT molecular complexity index is 2060. The van der Waals surface area contributed by atoms with E-state index in [-0.39, 0.29) is 18.9 Å². The van der Waals surface area contributed by atoms with E-state index in [1.54, 1.807) is 39.2 Å². The van der Waals surface area contributed by atoms with Crippen LogP contribution in [-0.2, 0) is 29.9 Å². The van der Waals surface area contributed by atoms with Crippen molar-refractivity contribution in [1.29, 1.82) is 0 Å². The van der Waals surface area contributed by atoms with E-state index in [0.717, 1.165) is 33.6 Å². The number of nitrogens with zero attached hydrogens (tertiary/aromatic N) is 10. The van der Waals surface area contributed by atoms with Gasteiger partial charge in [0.05, 0.1) is 49.8 Å². The lowest BCUT2D eigenvalue weighted by atomic mass is 9.75. The largest absolute Gasteiger partial charge is 0.392 e. The number of rotatable bonds is 8. The Labute approximate surface area is 263 Å². The average molecular weight is 609 g/mol. The maximum atomic E-state index is 13.9. The number of likely N-dealkylation sites (tertiary alicyclic amines) is 1. The van der Waals surface area contributed by atoms with Crippen LogP contribution in [0.25, 0.3) is 11.4 Å². The molecule has 1 unspecified atom stereocenters. The van der Waals surface area contributed by atoms with E-state index in [1.807, 2.05) is 89.6 Å². The predicted molar refractivity (Wildman–Crippen MR) is 170 cm³/mol. The summed E-state index contributed by atoms with van der Waals surface area (Å²) in [6.07, 6.45) is 10.5. The van der Waals surface area contributed by atoms with Gasteiger partial charge in [-0.1, -0.05) is 53.7 Å². The number of amides is 1. The molecule has 0 spiro atoms. The van der Waals surface area contributed by atoms with Crippen LogP contribution in [0.2, 0.25) is 0 Å². The SMILES string of the molecule is O=C1CC2(c3ccc(CO)cc3)C(=NC=Nc3c2ncn3Cc2ccc(-n3ccnn3)cc2)N1Cc1ccc(-n2cccn2)cc1. The first kappa shape index (κ1) is 27.5. The molecule has 226 valence electrons. The van der Waals surface area contributed by atoms with E-state index in [0.29, 0.717) is 30.4 Å². The molecule has 1 amide bonds. The Morgan fingerprint density at radius 1 is 0.804 bits per heavy atom. The normalized spacial score (nSPS) is 17.1. The van der Waals surface area contributed by atoms with Gasteiger partial charge in [-0.2, -0.15) is 5.10 Å². The third kappa shape index (κ3) is 4.63. The van der Waals surface area contributed by atoms with E-state index in [4.69, 9.17) is 15.0 Å². The summed E-state index contributed by atoms with van der Waals surface area (Å²) in [5.74, 6) is 1.17. The van der Waals surface area contributed by atoms with Crippen LogP contribution >= 0.6 is 0 Å². The minimum atomic E-state index is -0.964. The highest BCUT2D eigenvalue weighted by Gasteiger charge is 2.55. The number of imidazole rings is 1. The minimum absolute atomic E-state index is 0.0550. The molecule has 8 rings (SSSR count). The molecule has 6 aromatic rings. The van der Waals surface area contributed by atoms with Crippen molar-refractivity contribution in [3.8, 4) is 11.4 Å². The Morgan fingerprint density at radius 3 is 2.20 bits per heavy atom. The van der Waals surface area contributed by atoms with Crippen LogP contribution in [0.15, 0.2) is 120 Å². The quantitative estimate of drug-likeness (QED) is 0.278. The molecule has 0 aliphatic carbocycles. The molecule has 2 aliphatic rings. The number of fused-ring (bicyclic) bond motifs is 3. The summed E-state index contributed by atoms with van der Waals surface area (Å²) in [6.45, 7) is 0.786. The van der Waals surface area contributed by atoms with E-state index >= 15 is 0 Å². The van der Waals surface area contributed by atoms with Crippen molar-refractivity contribution >= 4 is 23.9 Å². The Hall–Kier alpha value is -6.01. The third-order valence-corrected chi connectivity index (χ3v) is 8.58.